The van der Waals surface area contributed by atoms with Crippen molar-refractivity contribution in [3.63, 3.8) is 0 Å². The quantitative estimate of drug-likeness (QED) is 0.594. The standard InChI is InChI=1S/C22H26N6O2/c1-3-27(4-2)21-19(13-28(26-21)14-20(29)30)17-11-23-22(24-12-17)25-18-9-15-7-5-6-8-16(15)10-18/h5-8,11-13,18H,3-4,9-10,14H2,1-2H3,(H,29,30)(H,23,24,25). The van der Waals surface area contributed by atoms with Gasteiger partial charge in [0.25, 0.3) is 0 Å². The minimum atomic E-state index is -0.927. The molecule has 1 aliphatic carbocycles. The summed E-state index contributed by atoms with van der Waals surface area (Å²) in [5.41, 5.74) is 4.40. The third kappa shape index (κ3) is 4.12. The minimum Gasteiger partial charge on any atom is -0.480 e. The van der Waals surface area contributed by atoms with Crippen LogP contribution >= 0.6 is 0 Å². The Morgan fingerprint density at radius 1 is 1.17 bits per heavy atom. The largest absolute Gasteiger partial charge is 0.480 e. The number of nitrogens with zero attached hydrogens (tertiary/aromatic N) is 5. The lowest BCUT2D eigenvalue weighted by atomic mass is 10.1. The summed E-state index contributed by atoms with van der Waals surface area (Å²) >= 11 is 0. The van der Waals surface area contributed by atoms with Crippen molar-refractivity contribution in [2.24, 2.45) is 0 Å². The maximum absolute atomic E-state index is 11.1. The van der Waals surface area contributed by atoms with E-state index in [0.717, 1.165) is 42.9 Å². The normalized spacial score (nSPS) is 13.3. The summed E-state index contributed by atoms with van der Waals surface area (Å²) in [5.74, 6) is 0.416. The lowest BCUT2D eigenvalue weighted by Crippen LogP contribution is -2.23. The van der Waals surface area contributed by atoms with Gasteiger partial charge in [0.1, 0.15) is 6.54 Å². The molecular weight excluding hydrogens is 380 g/mol. The van der Waals surface area contributed by atoms with E-state index in [2.05, 4.69) is 49.5 Å². The number of hydrogen-bond donors (Lipinski definition) is 2. The summed E-state index contributed by atoms with van der Waals surface area (Å²) in [6.45, 7) is 5.46. The molecule has 2 heterocycles. The molecule has 0 fully saturated rings. The molecule has 30 heavy (non-hydrogen) atoms. The van der Waals surface area contributed by atoms with Gasteiger partial charge in [-0.2, -0.15) is 5.10 Å². The molecular formula is C22H26N6O2. The Morgan fingerprint density at radius 2 is 1.80 bits per heavy atom. The first-order chi connectivity index (χ1) is 14.6. The number of hydrogen-bond acceptors (Lipinski definition) is 6. The van der Waals surface area contributed by atoms with Crippen LogP contribution in [0.3, 0.4) is 0 Å². The molecule has 8 heteroatoms. The first kappa shape index (κ1) is 19.9. The van der Waals surface area contributed by atoms with Gasteiger partial charge in [-0.3, -0.25) is 9.48 Å². The number of carboxylic acid groups (broad SMARTS) is 1. The number of benzene rings is 1. The van der Waals surface area contributed by atoms with Gasteiger partial charge in [-0.15, -0.1) is 0 Å². The summed E-state index contributed by atoms with van der Waals surface area (Å²) in [7, 11) is 0. The average Bonchev–Trinajstić information content (AvgIpc) is 3.33. The Labute approximate surface area is 175 Å². The molecule has 2 N–H and O–H groups in total. The zero-order valence-corrected chi connectivity index (χ0v) is 17.2. The van der Waals surface area contributed by atoms with Crippen LogP contribution in [0.15, 0.2) is 42.9 Å². The molecule has 0 unspecified atom stereocenters. The molecule has 0 atom stereocenters. The number of anilines is 2. The summed E-state index contributed by atoms with van der Waals surface area (Å²) in [6, 6.07) is 8.78. The molecule has 2 aromatic heterocycles. The van der Waals surface area contributed by atoms with Gasteiger partial charge in [-0.25, -0.2) is 9.97 Å². The van der Waals surface area contributed by atoms with Crippen molar-refractivity contribution in [3.8, 4) is 11.1 Å². The number of carbonyl (C=O) groups is 1. The fraction of sp³-hybridized carbons (Fsp3) is 0.364. The van der Waals surface area contributed by atoms with Crippen LogP contribution < -0.4 is 10.2 Å². The van der Waals surface area contributed by atoms with Crippen LogP contribution in [-0.4, -0.2) is 50.0 Å². The van der Waals surface area contributed by atoms with E-state index in [1.165, 1.54) is 15.8 Å². The van der Waals surface area contributed by atoms with Crippen molar-refractivity contribution in [2.75, 3.05) is 23.3 Å². The van der Waals surface area contributed by atoms with Crippen molar-refractivity contribution in [1.82, 2.24) is 19.7 Å². The van der Waals surface area contributed by atoms with Gasteiger partial charge in [0.05, 0.1) is 0 Å². The van der Waals surface area contributed by atoms with E-state index >= 15 is 0 Å². The molecule has 4 rings (SSSR count). The Hall–Kier alpha value is -3.42. The summed E-state index contributed by atoms with van der Waals surface area (Å²) in [4.78, 5) is 22.2. The maximum Gasteiger partial charge on any atom is 0.325 e. The zero-order valence-electron chi connectivity index (χ0n) is 17.2. The summed E-state index contributed by atoms with van der Waals surface area (Å²) in [5, 5.41) is 17.0. The fourth-order valence-electron chi connectivity index (χ4n) is 3.98. The SMILES string of the molecule is CCN(CC)c1nn(CC(=O)O)cc1-c1cnc(NC2Cc3ccccc3C2)nc1. The molecule has 156 valence electrons. The van der Waals surface area contributed by atoms with E-state index in [4.69, 9.17) is 5.11 Å². The molecule has 0 amide bonds. The van der Waals surface area contributed by atoms with E-state index in [9.17, 15) is 4.79 Å². The molecule has 0 spiro atoms. The first-order valence-corrected chi connectivity index (χ1v) is 10.3. The van der Waals surface area contributed by atoms with Gasteiger partial charge in [-0.05, 0) is 37.8 Å². The Kier molecular flexibility index (Phi) is 5.65. The van der Waals surface area contributed by atoms with Crippen LogP contribution in [0.1, 0.15) is 25.0 Å². The molecule has 0 bridgehead atoms. The van der Waals surface area contributed by atoms with Crippen molar-refractivity contribution in [1.29, 1.82) is 0 Å². The number of fused-ring (bicyclic) bond motifs is 1. The van der Waals surface area contributed by atoms with Crippen LogP contribution in [0.4, 0.5) is 11.8 Å². The van der Waals surface area contributed by atoms with E-state index in [1.807, 2.05) is 13.8 Å². The van der Waals surface area contributed by atoms with Gasteiger partial charge in [0, 0.05) is 48.8 Å². The van der Waals surface area contributed by atoms with Crippen LogP contribution in [0.25, 0.3) is 11.1 Å². The maximum atomic E-state index is 11.1. The van der Waals surface area contributed by atoms with Gasteiger partial charge in [0.15, 0.2) is 5.82 Å². The third-order valence-electron chi connectivity index (χ3n) is 5.45. The van der Waals surface area contributed by atoms with Crippen LogP contribution in [0.5, 0.6) is 0 Å². The molecule has 3 aromatic rings. The summed E-state index contributed by atoms with van der Waals surface area (Å²) < 4.78 is 1.45. The zero-order chi connectivity index (χ0) is 21.1. The van der Waals surface area contributed by atoms with E-state index in [1.54, 1.807) is 18.6 Å². The highest BCUT2D eigenvalue weighted by Gasteiger charge is 2.22. The van der Waals surface area contributed by atoms with Crippen LogP contribution in [-0.2, 0) is 24.2 Å². The smallest absolute Gasteiger partial charge is 0.325 e. The highest BCUT2D eigenvalue weighted by molar-refractivity contribution is 5.75. The molecule has 0 saturated heterocycles. The van der Waals surface area contributed by atoms with Gasteiger partial charge >= 0.3 is 5.97 Å². The van der Waals surface area contributed by atoms with Crippen molar-refractivity contribution >= 4 is 17.7 Å². The topological polar surface area (TPSA) is 96.2 Å². The predicted molar refractivity (Wildman–Crippen MR) is 116 cm³/mol. The lowest BCUT2D eigenvalue weighted by Gasteiger charge is -2.19. The van der Waals surface area contributed by atoms with Crippen molar-refractivity contribution in [2.45, 2.75) is 39.3 Å². The van der Waals surface area contributed by atoms with Crippen LogP contribution in [0.2, 0.25) is 0 Å². The monoisotopic (exact) mass is 406 g/mol. The molecule has 0 saturated carbocycles. The highest BCUT2D eigenvalue weighted by Crippen LogP contribution is 2.30. The molecule has 0 aliphatic heterocycles. The first-order valence-electron chi connectivity index (χ1n) is 10.3. The van der Waals surface area contributed by atoms with Gasteiger partial charge in [-0.1, -0.05) is 24.3 Å². The Balaban J connectivity index is 1.53. The lowest BCUT2D eigenvalue weighted by molar-refractivity contribution is -0.137. The predicted octanol–water partition coefficient (Wildman–Crippen LogP) is 2.85. The third-order valence-corrected chi connectivity index (χ3v) is 5.45. The van der Waals surface area contributed by atoms with E-state index in [-0.39, 0.29) is 12.6 Å². The fourth-order valence-corrected chi connectivity index (χ4v) is 3.98. The highest BCUT2D eigenvalue weighted by atomic mass is 16.4. The van der Waals surface area contributed by atoms with Crippen molar-refractivity contribution in [3.05, 3.63) is 54.0 Å². The number of aliphatic carboxylic acids is 1. The molecule has 1 aromatic carbocycles. The second-order valence-corrected chi connectivity index (χ2v) is 7.44. The van der Waals surface area contributed by atoms with Crippen LogP contribution in [0, 0.1) is 0 Å². The summed E-state index contributed by atoms with van der Waals surface area (Å²) in [6.07, 6.45) is 7.23. The average molecular weight is 406 g/mol. The van der Waals surface area contributed by atoms with Gasteiger partial charge in [0.2, 0.25) is 5.95 Å². The number of carboxylic acids is 1. The molecule has 8 nitrogen and oxygen atoms in total. The number of aromatic nitrogens is 4. The van der Waals surface area contributed by atoms with Crippen molar-refractivity contribution < 1.29 is 9.90 Å². The van der Waals surface area contributed by atoms with E-state index in [0.29, 0.717) is 5.95 Å². The van der Waals surface area contributed by atoms with E-state index < -0.39 is 5.97 Å². The Morgan fingerprint density at radius 3 is 2.37 bits per heavy atom. The van der Waals surface area contributed by atoms with Gasteiger partial charge < -0.3 is 15.3 Å². The second kappa shape index (κ2) is 8.52. The second-order valence-electron chi connectivity index (χ2n) is 7.44. The molecule has 0 radical (unpaired) electrons. The minimum absolute atomic E-state index is 0.184. The number of nitrogens with one attached hydrogen (secondary N) is 1. The molecule has 1 aliphatic rings. The Bertz CT molecular complexity index is 1000. The number of rotatable bonds is 8.